The third-order valence-corrected chi connectivity index (χ3v) is 5.51. The molecule has 3 aromatic rings. The second-order valence-corrected chi connectivity index (χ2v) is 8.68. The first-order valence-electron chi connectivity index (χ1n) is 9.02. The number of Topliss-reactive ketones (excluding diaryl/α,β-unsaturated/α-hetero) is 1. The van der Waals surface area contributed by atoms with E-state index < -0.39 is 0 Å². The van der Waals surface area contributed by atoms with Gasteiger partial charge in [0.15, 0.2) is 11.0 Å². The quantitative estimate of drug-likeness (QED) is 0.568. The van der Waals surface area contributed by atoms with Crippen LogP contribution < -0.4 is 0 Å². The topological polar surface area (TPSA) is 47.8 Å². The highest BCUT2D eigenvalue weighted by atomic mass is 32.2. The van der Waals surface area contributed by atoms with Gasteiger partial charge in [0.2, 0.25) is 0 Å². The number of hydrogen-bond donors (Lipinski definition) is 0. The van der Waals surface area contributed by atoms with Gasteiger partial charge < -0.3 is 0 Å². The van der Waals surface area contributed by atoms with E-state index in [1.807, 2.05) is 55.7 Å². The number of nitrogens with zero attached hydrogens (tertiary/aromatic N) is 3. The average Bonchev–Trinajstić information content (AvgIpc) is 3.06. The third-order valence-electron chi connectivity index (χ3n) is 4.58. The summed E-state index contributed by atoms with van der Waals surface area (Å²) in [4.78, 5) is 12.4. The van der Waals surface area contributed by atoms with Crippen molar-refractivity contribution in [1.29, 1.82) is 0 Å². The van der Waals surface area contributed by atoms with E-state index in [1.54, 1.807) is 0 Å². The smallest absolute Gasteiger partial charge is 0.196 e. The number of carbonyl (C=O) groups is 1. The zero-order valence-electron chi connectivity index (χ0n) is 16.5. The van der Waals surface area contributed by atoms with Gasteiger partial charge in [-0.2, -0.15) is 0 Å². The molecule has 3 rings (SSSR count). The molecule has 1 aromatic heterocycles. The zero-order chi connectivity index (χ0) is 19.6. The molecule has 0 saturated carbocycles. The van der Waals surface area contributed by atoms with E-state index >= 15 is 0 Å². The van der Waals surface area contributed by atoms with Gasteiger partial charge in [0, 0.05) is 11.0 Å². The number of ketones is 1. The van der Waals surface area contributed by atoms with Crippen molar-refractivity contribution in [1.82, 2.24) is 14.8 Å². The van der Waals surface area contributed by atoms with E-state index in [2.05, 4.69) is 42.2 Å². The molecule has 5 heteroatoms. The van der Waals surface area contributed by atoms with Crippen LogP contribution in [0.25, 0.3) is 17.1 Å². The van der Waals surface area contributed by atoms with Crippen LogP contribution >= 0.6 is 11.8 Å². The van der Waals surface area contributed by atoms with Crippen molar-refractivity contribution in [2.24, 2.45) is 5.41 Å². The van der Waals surface area contributed by atoms with Gasteiger partial charge >= 0.3 is 0 Å². The van der Waals surface area contributed by atoms with Gasteiger partial charge in [-0.05, 0) is 37.1 Å². The lowest BCUT2D eigenvalue weighted by atomic mass is 9.92. The number of thioether (sulfide) groups is 1. The molecule has 0 unspecified atom stereocenters. The molecule has 0 atom stereocenters. The molecule has 0 amide bonds. The van der Waals surface area contributed by atoms with Crippen molar-refractivity contribution in [3.05, 3.63) is 59.7 Å². The standard InChI is InChI=1S/C22H25N3OS/c1-15-11-12-18(13-16(15)2)25-20(17-9-7-6-8-10-17)23-24-21(25)27-14-19(26)22(3,4)5/h6-13H,14H2,1-5H3. The second kappa shape index (κ2) is 7.69. The van der Waals surface area contributed by atoms with Crippen LogP contribution in [0.2, 0.25) is 0 Å². The molecule has 0 bridgehead atoms. The molecule has 0 N–H and O–H groups in total. The van der Waals surface area contributed by atoms with Crippen molar-refractivity contribution in [3.8, 4) is 17.1 Å². The second-order valence-electron chi connectivity index (χ2n) is 7.74. The maximum atomic E-state index is 12.4. The molecule has 1 heterocycles. The van der Waals surface area contributed by atoms with Crippen molar-refractivity contribution >= 4 is 17.5 Å². The largest absolute Gasteiger partial charge is 0.298 e. The maximum absolute atomic E-state index is 12.4. The highest BCUT2D eigenvalue weighted by Gasteiger charge is 2.23. The minimum atomic E-state index is -0.361. The molecule has 0 aliphatic heterocycles. The fourth-order valence-corrected chi connectivity index (χ4v) is 3.69. The zero-order valence-corrected chi connectivity index (χ0v) is 17.3. The Bertz CT molecular complexity index is 955. The number of aromatic nitrogens is 3. The summed E-state index contributed by atoms with van der Waals surface area (Å²) in [7, 11) is 0. The van der Waals surface area contributed by atoms with E-state index in [0.29, 0.717) is 5.75 Å². The first-order valence-corrected chi connectivity index (χ1v) is 10.0. The molecule has 140 valence electrons. The summed E-state index contributed by atoms with van der Waals surface area (Å²) in [6, 6.07) is 16.3. The summed E-state index contributed by atoms with van der Waals surface area (Å²) in [6.07, 6.45) is 0. The molecule has 0 radical (unpaired) electrons. The number of benzene rings is 2. The lowest BCUT2D eigenvalue weighted by molar-refractivity contribution is -0.123. The predicted octanol–water partition coefficient (Wildman–Crippen LogP) is 5.26. The lowest BCUT2D eigenvalue weighted by Gasteiger charge is -2.16. The molecule has 4 nitrogen and oxygen atoms in total. The maximum Gasteiger partial charge on any atom is 0.196 e. The van der Waals surface area contributed by atoms with Gasteiger partial charge in [0.1, 0.15) is 5.78 Å². The highest BCUT2D eigenvalue weighted by Crippen LogP contribution is 2.30. The summed E-state index contributed by atoms with van der Waals surface area (Å²) in [5.41, 5.74) is 4.10. The monoisotopic (exact) mass is 379 g/mol. The summed E-state index contributed by atoms with van der Waals surface area (Å²) in [5, 5.41) is 9.57. The number of carbonyl (C=O) groups excluding carboxylic acids is 1. The summed E-state index contributed by atoms with van der Waals surface area (Å²) < 4.78 is 2.04. The van der Waals surface area contributed by atoms with Gasteiger partial charge in [-0.3, -0.25) is 9.36 Å². The summed E-state index contributed by atoms with van der Waals surface area (Å²) in [5.74, 6) is 1.36. The summed E-state index contributed by atoms with van der Waals surface area (Å²) in [6.45, 7) is 10.0. The number of aryl methyl sites for hydroxylation is 2. The van der Waals surface area contributed by atoms with E-state index in [0.717, 1.165) is 22.2 Å². The Morgan fingerprint density at radius 1 is 1.00 bits per heavy atom. The van der Waals surface area contributed by atoms with Gasteiger partial charge in [0.25, 0.3) is 0 Å². The van der Waals surface area contributed by atoms with Crippen LogP contribution in [-0.2, 0) is 4.79 Å². The molecule has 0 aliphatic carbocycles. The first kappa shape index (κ1) is 19.4. The molecule has 0 spiro atoms. The SMILES string of the molecule is Cc1ccc(-n2c(SCC(=O)C(C)(C)C)nnc2-c2ccccc2)cc1C. The van der Waals surface area contributed by atoms with Crippen LogP contribution in [0.4, 0.5) is 0 Å². The van der Waals surface area contributed by atoms with Crippen LogP contribution in [0.3, 0.4) is 0 Å². The average molecular weight is 380 g/mol. The van der Waals surface area contributed by atoms with E-state index in [-0.39, 0.29) is 11.2 Å². The first-order chi connectivity index (χ1) is 12.8. The minimum absolute atomic E-state index is 0.198. The van der Waals surface area contributed by atoms with Gasteiger partial charge in [-0.1, -0.05) is 68.9 Å². The lowest BCUT2D eigenvalue weighted by Crippen LogP contribution is -2.22. The predicted molar refractivity (Wildman–Crippen MR) is 111 cm³/mol. The Morgan fingerprint density at radius 2 is 1.70 bits per heavy atom. The van der Waals surface area contributed by atoms with Gasteiger partial charge in [0.05, 0.1) is 11.4 Å². The molecule has 27 heavy (non-hydrogen) atoms. The molecule has 0 saturated heterocycles. The van der Waals surface area contributed by atoms with Crippen LogP contribution in [0, 0.1) is 19.3 Å². The van der Waals surface area contributed by atoms with Crippen LogP contribution in [0.5, 0.6) is 0 Å². The molecule has 0 fully saturated rings. The fraction of sp³-hybridized carbons (Fsp3) is 0.318. The van der Waals surface area contributed by atoms with E-state index in [1.165, 1.54) is 22.9 Å². The normalized spacial score (nSPS) is 11.6. The molecule has 0 aliphatic rings. The Hall–Kier alpha value is -2.40. The Labute approximate surface area is 165 Å². The number of rotatable bonds is 5. The minimum Gasteiger partial charge on any atom is -0.298 e. The van der Waals surface area contributed by atoms with Crippen molar-refractivity contribution < 1.29 is 4.79 Å². The Kier molecular flexibility index (Phi) is 5.51. The summed E-state index contributed by atoms with van der Waals surface area (Å²) >= 11 is 1.44. The van der Waals surface area contributed by atoms with E-state index in [4.69, 9.17) is 0 Å². The Balaban J connectivity index is 2.05. The van der Waals surface area contributed by atoms with Gasteiger partial charge in [-0.25, -0.2) is 0 Å². The van der Waals surface area contributed by atoms with Crippen LogP contribution in [-0.4, -0.2) is 26.3 Å². The fourth-order valence-electron chi connectivity index (χ4n) is 2.58. The van der Waals surface area contributed by atoms with Crippen molar-refractivity contribution in [2.75, 3.05) is 5.75 Å². The highest BCUT2D eigenvalue weighted by molar-refractivity contribution is 7.99. The third kappa shape index (κ3) is 4.30. The molecular weight excluding hydrogens is 354 g/mol. The van der Waals surface area contributed by atoms with Crippen LogP contribution in [0.15, 0.2) is 53.7 Å². The van der Waals surface area contributed by atoms with Crippen LogP contribution in [0.1, 0.15) is 31.9 Å². The van der Waals surface area contributed by atoms with Gasteiger partial charge in [-0.15, -0.1) is 10.2 Å². The Morgan fingerprint density at radius 3 is 2.33 bits per heavy atom. The number of hydrogen-bond acceptors (Lipinski definition) is 4. The van der Waals surface area contributed by atoms with Crippen molar-refractivity contribution in [2.45, 2.75) is 39.8 Å². The molecular formula is C22H25N3OS. The van der Waals surface area contributed by atoms with E-state index in [9.17, 15) is 4.79 Å². The van der Waals surface area contributed by atoms with Crippen molar-refractivity contribution in [3.63, 3.8) is 0 Å². The molecule has 2 aromatic carbocycles.